The number of aromatic amines is 1. The first kappa shape index (κ1) is 23.5. The van der Waals surface area contributed by atoms with Crippen molar-refractivity contribution in [1.82, 2.24) is 14.8 Å². The quantitative estimate of drug-likeness (QED) is 0.577. The maximum absolute atomic E-state index is 12.8. The topological polar surface area (TPSA) is 85.9 Å². The maximum atomic E-state index is 12.8. The summed E-state index contributed by atoms with van der Waals surface area (Å²) in [7, 11) is 7.39. The van der Waals surface area contributed by atoms with Crippen molar-refractivity contribution in [2.45, 2.75) is 19.4 Å². The number of esters is 1. The van der Waals surface area contributed by atoms with E-state index in [4.69, 9.17) is 27.9 Å². The van der Waals surface area contributed by atoms with E-state index in [0.717, 1.165) is 0 Å². The molecule has 7 nitrogen and oxygen atoms in total. The van der Waals surface area contributed by atoms with Gasteiger partial charge in [0.05, 0.1) is 10.9 Å². The summed E-state index contributed by atoms with van der Waals surface area (Å²) in [5, 5.41) is 11.2. The van der Waals surface area contributed by atoms with Crippen molar-refractivity contribution in [2.75, 3.05) is 41.3 Å². The number of hydrogen-bond donors (Lipinski definition) is 2. The third-order valence-corrected chi connectivity index (χ3v) is 5.55. The van der Waals surface area contributed by atoms with E-state index in [-0.39, 0.29) is 24.8 Å². The van der Waals surface area contributed by atoms with Gasteiger partial charge in [-0.2, -0.15) is 0 Å². The number of hydrogen-bond acceptors (Lipinski definition) is 5. The second-order valence-corrected chi connectivity index (χ2v) is 8.42. The van der Waals surface area contributed by atoms with Gasteiger partial charge in [-0.25, -0.2) is 4.79 Å². The van der Waals surface area contributed by atoms with Crippen LogP contribution in [0.2, 0.25) is 10.0 Å². The molecule has 0 radical (unpaired) electrons. The fourth-order valence-electron chi connectivity index (χ4n) is 3.13. The minimum absolute atomic E-state index is 0.119. The molecule has 9 heteroatoms. The van der Waals surface area contributed by atoms with Crippen molar-refractivity contribution in [2.24, 2.45) is 5.92 Å². The molecule has 0 aliphatic rings. The van der Waals surface area contributed by atoms with Gasteiger partial charge in [0.1, 0.15) is 12.3 Å². The Kier molecular flexibility index (Phi) is 7.94. The van der Waals surface area contributed by atoms with Crippen molar-refractivity contribution >= 4 is 46.0 Å². The summed E-state index contributed by atoms with van der Waals surface area (Å²) >= 11 is 12.5. The first-order chi connectivity index (χ1) is 13.5. The van der Waals surface area contributed by atoms with Gasteiger partial charge in [-0.3, -0.25) is 4.79 Å². The fraction of sp³-hybridized carbons (Fsp3) is 0.500. The van der Waals surface area contributed by atoms with Gasteiger partial charge in [0.15, 0.2) is 0 Å². The van der Waals surface area contributed by atoms with Crippen molar-refractivity contribution in [3.05, 3.63) is 33.4 Å². The molecule has 0 fully saturated rings. The summed E-state index contributed by atoms with van der Waals surface area (Å²) in [6.07, 6.45) is 0.119. The zero-order valence-corrected chi connectivity index (χ0v) is 18.8. The van der Waals surface area contributed by atoms with Gasteiger partial charge >= 0.3 is 11.9 Å². The lowest BCUT2D eigenvalue weighted by molar-refractivity contribution is -0.143. The predicted molar refractivity (Wildman–Crippen MR) is 115 cm³/mol. The van der Waals surface area contributed by atoms with Crippen LogP contribution in [0.3, 0.4) is 0 Å². The molecule has 0 saturated heterocycles. The number of carbonyl (C=O) groups is 2. The van der Waals surface area contributed by atoms with E-state index >= 15 is 0 Å². The number of nitrogens with zero attached hydrogens (tertiary/aromatic N) is 2. The average Bonchev–Trinajstić information content (AvgIpc) is 2.96. The summed E-state index contributed by atoms with van der Waals surface area (Å²) in [6.45, 7) is 2.62. The molecule has 2 atom stereocenters. The Morgan fingerprint density at radius 3 is 2.41 bits per heavy atom. The number of aromatic nitrogens is 1. The van der Waals surface area contributed by atoms with Crippen molar-refractivity contribution in [3.8, 4) is 0 Å². The normalized spacial score (nSPS) is 13.8. The average molecular weight is 444 g/mol. The molecule has 0 aliphatic carbocycles. The Balaban J connectivity index is 2.52. The second-order valence-electron chi connectivity index (χ2n) is 7.58. The molecular formula is C20H27Cl2N3O4. The van der Waals surface area contributed by atoms with Crippen molar-refractivity contribution in [3.63, 3.8) is 0 Å². The molecule has 0 spiro atoms. The number of likely N-dealkylation sites (N-methyl/N-ethyl adjacent to an activating group) is 1. The number of fused-ring (bicyclic) bond motifs is 1. The van der Waals surface area contributed by atoms with Crippen LogP contribution in [-0.2, 0) is 16.0 Å². The van der Waals surface area contributed by atoms with Crippen molar-refractivity contribution in [1.29, 1.82) is 0 Å². The number of H-pyrrole nitrogens is 1. The number of nitrogens with one attached hydrogen (secondary N) is 1. The number of carboxylic acid groups (broad SMARTS) is 1. The Bertz CT molecular complexity index is 895. The van der Waals surface area contributed by atoms with E-state index in [2.05, 4.69) is 4.98 Å². The minimum atomic E-state index is -0.947. The molecule has 1 aromatic carbocycles. The molecule has 1 aromatic heterocycles. The highest BCUT2D eigenvalue weighted by molar-refractivity contribution is 6.39. The zero-order chi connectivity index (χ0) is 21.9. The van der Waals surface area contributed by atoms with E-state index in [1.165, 1.54) is 0 Å². The Labute approximate surface area is 180 Å². The lowest BCUT2D eigenvalue weighted by atomic mass is 9.91. The number of aliphatic carboxylic acids is 1. The van der Waals surface area contributed by atoms with Gasteiger partial charge in [-0.05, 0) is 59.2 Å². The van der Waals surface area contributed by atoms with Gasteiger partial charge in [0.25, 0.3) is 0 Å². The number of halogens is 2. The second kappa shape index (κ2) is 9.80. The van der Waals surface area contributed by atoms with Crippen LogP contribution in [0.25, 0.3) is 10.9 Å². The van der Waals surface area contributed by atoms with E-state index in [1.54, 1.807) is 12.1 Å². The third-order valence-electron chi connectivity index (χ3n) is 5.03. The van der Waals surface area contributed by atoms with E-state index in [0.29, 0.717) is 33.1 Å². The first-order valence-electron chi connectivity index (χ1n) is 9.23. The fourth-order valence-corrected chi connectivity index (χ4v) is 3.74. The Morgan fingerprint density at radius 1 is 1.21 bits per heavy atom. The standard InChI is InChI=1S/C20H27Cl2N3O4/c1-11(25(4)5)13(19(26)27)10-14-17-15(22)8-12(21)9-16(17)23-18(14)20(28)29-7-6-24(2)3/h8-9,11,13,23H,6-7,10H2,1-5H3,(H,26,27). The van der Waals surface area contributed by atoms with Gasteiger partial charge in [-0.1, -0.05) is 23.2 Å². The lowest BCUT2D eigenvalue weighted by Gasteiger charge is -2.26. The third kappa shape index (κ3) is 5.63. The number of ether oxygens (including phenoxy) is 1. The highest BCUT2D eigenvalue weighted by atomic mass is 35.5. The van der Waals surface area contributed by atoms with Gasteiger partial charge in [0, 0.05) is 28.5 Å². The van der Waals surface area contributed by atoms with Gasteiger partial charge in [-0.15, -0.1) is 0 Å². The molecule has 2 unspecified atom stereocenters. The molecular weight excluding hydrogens is 417 g/mol. The predicted octanol–water partition coefficient (Wildman–Crippen LogP) is 3.39. The summed E-state index contributed by atoms with van der Waals surface area (Å²) in [5.41, 5.74) is 1.30. The van der Waals surface area contributed by atoms with E-state index < -0.39 is 17.9 Å². The summed E-state index contributed by atoms with van der Waals surface area (Å²) < 4.78 is 5.38. The van der Waals surface area contributed by atoms with Gasteiger partial charge in [0.2, 0.25) is 0 Å². The Morgan fingerprint density at radius 2 is 1.86 bits per heavy atom. The number of rotatable bonds is 9. The van der Waals surface area contributed by atoms with Crippen LogP contribution in [0.15, 0.2) is 12.1 Å². The highest BCUT2D eigenvalue weighted by Crippen LogP contribution is 2.35. The SMILES string of the molecule is CC(C(Cc1c(C(=O)OCCN(C)C)[nH]c2cc(Cl)cc(Cl)c12)C(=O)O)N(C)C. The molecule has 0 amide bonds. The van der Waals surface area contributed by atoms with Gasteiger partial charge < -0.3 is 24.6 Å². The number of benzene rings is 1. The molecule has 0 aliphatic heterocycles. The molecule has 2 aromatic rings. The lowest BCUT2D eigenvalue weighted by Crippen LogP contribution is -2.38. The molecule has 29 heavy (non-hydrogen) atoms. The van der Waals surface area contributed by atoms with E-state index in [9.17, 15) is 14.7 Å². The molecule has 2 N–H and O–H groups in total. The van der Waals surface area contributed by atoms with Crippen LogP contribution in [0.1, 0.15) is 23.0 Å². The van der Waals surface area contributed by atoms with Crippen LogP contribution in [-0.4, -0.2) is 79.2 Å². The molecule has 160 valence electrons. The zero-order valence-electron chi connectivity index (χ0n) is 17.3. The van der Waals surface area contributed by atoms with Crippen molar-refractivity contribution < 1.29 is 19.4 Å². The maximum Gasteiger partial charge on any atom is 0.355 e. The smallest absolute Gasteiger partial charge is 0.355 e. The van der Waals surface area contributed by atoms with Crippen LogP contribution in [0.4, 0.5) is 0 Å². The largest absolute Gasteiger partial charge is 0.481 e. The summed E-state index contributed by atoms with van der Waals surface area (Å²) in [5.74, 6) is -2.24. The number of carbonyl (C=O) groups excluding carboxylic acids is 1. The first-order valence-corrected chi connectivity index (χ1v) is 9.99. The highest BCUT2D eigenvalue weighted by Gasteiger charge is 2.31. The minimum Gasteiger partial charge on any atom is -0.481 e. The van der Waals surface area contributed by atoms with Crippen LogP contribution in [0, 0.1) is 5.92 Å². The number of carboxylic acids is 1. The molecule has 0 saturated carbocycles. The Hall–Kier alpha value is -1.80. The van der Waals surface area contributed by atoms with Crippen LogP contribution >= 0.6 is 23.2 Å². The summed E-state index contributed by atoms with van der Waals surface area (Å²) in [6, 6.07) is 2.98. The summed E-state index contributed by atoms with van der Waals surface area (Å²) in [4.78, 5) is 31.5. The molecule has 2 rings (SSSR count). The molecule has 0 bridgehead atoms. The van der Waals surface area contributed by atoms with Crippen LogP contribution < -0.4 is 0 Å². The van der Waals surface area contributed by atoms with Crippen LogP contribution in [0.5, 0.6) is 0 Å². The molecule has 1 heterocycles. The van der Waals surface area contributed by atoms with E-state index in [1.807, 2.05) is 44.9 Å². The monoisotopic (exact) mass is 443 g/mol.